The molecule has 4 aromatic rings. The fourth-order valence-electron chi connectivity index (χ4n) is 3.35. The van der Waals surface area contributed by atoms with Gasteiger partial charge in [0.05, 0.1) is 5.69 Å². The van der Waals surface area contributed by atoms with Crippen LogP contribution in [0.5, 0.6) is 0 Å². The molecule has 1 aliphatic rings. The van der Waals surface area contributed by atoms with Crippen molar-refractivity contribution >= 4 is 33.4 Å². The Hall–Kier alpha value is -3.06. The van der Waals surface area contributed by atoms with Crippen LogP contribution in [0.3, 0.4) is 0 Å². The van der Waals surface area contributed by atoms with E-state index in [1.165, 1.54) is 35.3 Å². The molecule has 0 fully saturated rings. The average molecular weight is 361 g/mol. The first-order valence-corrected chi connectivity index (χ1v) is 9.34. The number of amides is 1. The van der Waals surface area contributed by atoms with E-state index in [2.05, 4.69) is 43.9 Å². The fraction of sp³-hybridized carbons (Fsp3) is 0.158. The molecule has 0 saturated heterocycles. The minimum atomic E-state index is -0.204. The molecule has 5 rings (SSSR count). The van der Waals surface area contributed by atoms with Crippen LogP contribution in [-0.2, 0) is 12.8 Å². The lowest BCUT2D eigenvalue weighted by Gasteiger charge is -2.03. The molecule has 7 heteroatoms. The van der Waals surface area contributed by atoms with Crippen LogP contribution < -0.4 is 5.32 Å². The number of thiazole rings is 1. The zero-order valence-corrected chi connectivity index (χ0v) is 14.6. The van der Waals surface area contributed by atoms with E-state index in [1.807, 2.05) is 5.38 Å². The summed E-state index contributed by atoms with van der Waals surface area (Å²) in [6.45, 7) is 0. The summed E-state index contributed by atoms with van der Waals surface area (Å²) in [6.07, 6.45) is 3.54. The van der Waals surface area contributed by atoms with Gasteiger partial charge in [-0.25, -0.2) is 4.98 Å². The lowest BCUT2D eigenvalue weighted by molar-refractivity contribution is 0.102. The van der Waals surface area contributed by atoms with Crippen molar-refractivity contribution in [1.29, 1.82) is 0 Å². The molecular formula is C19H15N5OS. The normalized spacial score (nSPS) is 13.1. The van der Waals surface area contributed by atoms with E-state index in [-0.39, 0.29) is 5.91 Å². The van der Waals surface area contributed by atoms with Crippen LogP contribution >= 0.6 is 11.3 Å². The van der Waals surface area contributed by atoms with Gasteiger partial charge in [0, 0.05) is 16.5 Å². The Kier molecular flexibility index (Phi) is 3.53. The van der Waals surface area contributed by atoms with Crippen LogP contribution in [-0.4, -0.2) is 26.3 Å². The Labute approximate surface area is 153 Å². The maximum absolute atomic E-state index is 12.5. The van der Waals surface area contributed by atoms with Gasteiger partial charge < -0.3 is 0 Å². The lowest BCUT2D eigenvalue weighted by atomic mass is 10.1. The summed E-state index contributed by atoms with van der Waals surface area (Å²) in [5.74, 6) is -0.204. The third kappa shape index (κ3) is 2.66. The molecular weight excluding hydrogens is 346 g/mol. The van der Waals surface area contributed by atoms with E-state index >= 15 is 0 Å². The number of nitrogens with zero attached hydrogens (tertiary/aromatic N) is 3. The number of carbonyl (C=O) groups excluding carboxylic acids is 1. The van der Waals surface area contributed by atoms with Crippen LogP contribution in [0.4, 0.5) is 5.13 Å². The Morgan fingerprint density at radius 1 is 1.04 bits per heavy atom. The van der Waals surface area contributed by atoms with Crippen LogP contribution in [0, 0.1) is 0 Å². The van der Waals surface area contributed by atoms with Crippen LogP contribution in [0.25, 0.3) is 22.3 Å². The highest BCUT2D eigenvalue weighted by molar-refractivity contribution is 7.14. The van der Waals surface area contributed by atoms with Crippen LogP contribution in [0.1, 0.15) is 27.9 Å². The minimum absolute atomic E-state index is 0.204. The van der Waals surface area contributed by atoms with Gasteiger partial charge in [-0.05, 0) is 54.7 Å². The maximum atomic E-state index is 12.5. The number of nitrogens with one attached hydrogen (secondary N) is 2. The number of fused-ring (bicyclic) bond motifs is 2. The number of aromatic amines is 1. The van der Waals surface area contributed by atoms with Gasteiger partial charge in [-0.1, -0.05) is 12.1 Å². The van der Waals surface area contributed by atoms with Gasteiger partial charge in [0.1, 0.15) is 11.0 Å². The van der Waals surface area contributed by atoms with Gasteiger partial charge in [0.25, 0.3) is 5.91 Å². The molecule has 0 spiro atoms. The summed E-state index contributed by atoms with van der Waals surface area (Å²) < 4.78 is 0. The van der Waals surface area contributed by atoms with Crippen molar-refractivity contribution in [3.63, 3.8) is 0 Å². The lowest BCUT2D eigenvalue weighted by Crippen LogP contribution is -2.11. The first-order chi connectivity index (χ1) is 12.8. The quantitative estimate of drug-likeness (QED) is 0.581. The summed E-state index contributed by atoms with van der Waals surface area (Å²) in [4.78, 5) is 17.1. The maximum Gasteiger partial charge on any atom is 0.257 e. The topological polar surface area (TPSA) is 83.6 Å². The molecule has 128 valence electrons. The number of hydrogen-bond acceptors (Lipinski definition) is 5. The summed E-state index contributed by atoms with van der Waals surface area (Å²) in [5.41, 5.74) is 6.78. The van der Waals surface area contributed by atoms with Gasteiger partial charge in [-0.2, -0.15) is 15.4 Å². The van der Waals surface area contributed by atoms with E-state index < -0.39 is 0 Å². The SMILES string of the molecule is O=C(Nc1nc(-c2ccc3c(c2)CCC3)cs1)c1ccc2n[nH]nc2c1. The number of H-pyrrole nitrogens is 1. The third-order valence-corrected chi connectivity index (χ3v) is 5.46. The van der Waals surface area contributed by atoms with Gasteiger partial charge in [0.2, 0.25) is 0 Å². The smallest absolute Gasteiger partial charge is 0.257 e. The van der Waals surface area contributed by atoms with E-state index in [4.69, 9.17) is 0 Å². The third-order valence-electron chi connectivity index (χ3n) is 4.70. The molecule has 1 aliphatic carbocycles. The highest BCUT2D eigenvalue weighted by atomic mass is 32.1. The van der Waals surface area contributed by atoms with Gasteiger partial charge in [-0.15, -0.1) is 11.3 Å². The van der Waals surface area contributed by atoms with E-state index in [0.29, 0.717) is 16.2 Å². The van der Waals surface area contributed by atoms with Crippen molar-refractivity contribution in [3.8, 4) is 11.3 Å². The predicted molar refractivity (Wildman–Crippen MR) is 101 cm³/mol. The summed E-state index contributed by atoms with van der Waals surface area (Å²) >= 11 is 1.43. The van der Waals surface area contributed by atoms with Crippen molar-refractivity contribution in [2.24, 2.45) is 0 Å². The second-order valence-corrected chi connectivity index (χ2v) is 7.21. The Morgan fingerprint density at radius 2 is 1.92 bits per heavy atom. The van der Waals surface area contributed by atoms with Gasteiger partial charge >= 0.3 is 0 Å². The highest BCUT2D eigenvalue weighted by Gasteiger charge is 2.14. The summed E-state index contributed by atoms with van der Waals surface area (Å²) in [6, 6.07) is 11.7. The number of carbonyl (C=O) groups is 1. The second kappa shape index (κ2) is 6.03. The predicted octanol–water partition coefficient (Wildman–Crippen LogP) is 3.82. The summed E-state index contributed by atoms with van der Waals surface area (Å²) in [5, 5.41) is 16.0. The Bertz CT molecular complexity index is 1130. The molecule has 2 N–H and O–H groups in total. The van der Waals surface area contributed by atoms with Crippen LogP contribution in [0.15, 0.2) is 41.8 Å². The number of aryl methyl sites for hydroxylation is 2. The number of hydrogen-bond donors (Lipinski definition) is 2. The molecule has 2 aromatic carbocycles. The van der Waals surface area contributed by atoms with E-state index in [0.717, 1.165) is 23.2 Å². The van der Waals surface area contributed by atoms with Crippen LogP contribution in [0.2, 0.25) is 0 Å². The molecule has 6 nitrogen and oxygen atoms in total. The largest absolute Gasteiger partial charge is 0.298 e. The standard InChI is InChI=1S/C19H15N5OS/c25-18(14-6-7-15-16(9-14)23-24-22-15)21-19-20-17(10-26-19)13-5-4-11-2-1-3-12(11)8-13/h4-10H,1-3H2,(H,20,21,25)(H,22,23,24). The van der Waals surface area contributed by atoms with Crippen molar-refractivity contribution in [2.45, 2.75) is 19.3 Å². The van der Waals surface area contributed by atoms with Crippen molar-refractivity contribution in [2.75, 3.05) is 5.32 Å². The molecule has 0 saturated carbocycles. The monoisotopic (exact) mass is 361 g/mol. The first kappa shape index (κ1) is 15.2. The first-order valence-electron chi connectivity index (χ1n) is 8.46. The summed E-state index contributed by atoms with van der Waals surface area (Å²) in [7, 11) is 0. The average Bonchev–Trinajstić information content (AvgIpc) is 3.40. The number of benzene rings is 2. The molecule has 2 aromatic heterocycles. The van der Waals surface area contributed by atoms with Crippen molar-refractivity contribution in [3.05, 3.63) is 58.5 Å². The number of anilines is 1. The molecule has 26 heavy (non-hydrogen) atoms. The molecule has 1 amide bonds. The van der Waals surface area contributed by atoms with Crippen molar-refractivity contribution < 1.29 is 4.79 Å². The number of rotatable bonds is 3. The molecule has 0 aliphatic heterocycles. The Morgan fingerprint density at radius 3 is 2.88 bits per heavy atom. The van der Waals surface area contributed by atoms with Gasteiger partial charge in [0.15, 0.2) is 5.13 Å². The zero-order valence-electron chi connectivity index (χ0n) is 13.8. The second-order valence-electron chi connectivity index (χ2n) is 6.36. The Balaban J connectivity index is 1.37. The molecule has 0 atom stereocenters. The minimum Gasteiger partial charge on any atom is -0.298 e. The van der Waals surface area contributed by atoms with Crippen molar-refractivity contribution in [1.82, 2.24) is 20.4 Å². The molecule has 0 bridgehead atoms. The van der Waals surface area contributed by atoms with E-state index in [1.54, 1.807) is 18.2 Å². The van der Waals surface area contributed by atoms with Gasteiger partial charge in [-0.3, -0.25) is 10.1 Å². The highest BCUT2D eigenvalue weighted by Crippen LogP contribution is 2.30. The number of aromatic nitrogens is 4. The van der Waals surface area contributed by atoms with E-state index in [9.17, 15) is 4.79 Å². The fourth-order valence-corrected chi connectivity index (χ4v) is 4.06. The molecule has 2 heterocycles. The molecule has 0 unspecified atom stereocenters. The molecule has 0 radical (unpaired) electrons. The zero-order chi connectivity index (χ0) is 17.5.